The van der Waals surface area contributed by atoms with E-state index in [1.54, 1.807) is 11.0 Å². The first-order valence-corrected chi connectivity index (χ1v) is 7.85. The molecule has 2 amide bonds. The molecule has 2 aromatic rings. The van der Waals surface area contributed by atoms with Crippen LogP contribution in [0.1, 0.15) is 10.4 Å². The van der Waals surface area contributed by atoms with Crippen LogP contribution >= 0.6 is 0 Å². The first kappa shape index (κ1) is 17.7. The third kappa shape index (κ3) is 3.61. The van der Waals surface area contributed by atoms with Gasteiger partial charge in [-0.1, -0.05) is 0 Å². The van der Waals surface area contributed by atoms with Crippen molar-refractivity contribution in [2.45, 2.75) is 0 Å². The van der Waals surface area contributed by atoms with Gasteiger partial charge in [-0.15, -0.1) is 0 Å². The summed E-state index contributed by atoms with van der Waals surface area (Å²) in [5, 5.41) is 2.34. The fourth-order valence-corrected chi connectivity index (χ4v) is 2.62. The van der Waals surface area contributed by atoms with Gasteiger partial charge >= 0.3 is 0 Å². The van der Waals surface area contributed by atoms with Crippen LogP contribution in [0.4, 0.5) is 24.7 Å². The maximum atomic E-state index is 13.7. The Morgan fingerprint density at radius 2 is 1.77 bits per heavy atom. The minimum absolute atomic E-state index is 0.148. The lowest BCUT2D eigenvalue weighted by Gasteiger charge is -2.33. The number of halogens is 3. The van der Waals surface area contributed by atoms with Crippen LogP contribution in [0.15, 0.2) is 30.5 Å². The fourth-order valence-electron chi connectivity index (χ4n) is 2.62. The Morgan fingerprint density at radius 1 is 1.04 bits per heavy atom. The maximum absolute atomic E-state index is 13.7. The molecule has 1 aromatic carbocycles. The van der Waals surface area contributed by atoms with Gasteiger partial charge in [-0.2, -0.15) is 0 Å². The third-order valence-electron chi connectivity index (χ3n) is 4.10. The molecular formula is C17H15F3N4O2. The Labute approximate surface area is 147 Å². The van der Waals surface area contributed by atoms with Crippen molar-refractivity contribution in [3.05, 3.63) is 53.5 Å². The lowest BCUT2D eigenvalue weighted by molar-refractivity contribution is -0.118. The summed E-state index contributed by atoms with van der Waals surface area (Å²) in [6, 6.07) is 4.80. The number of benzene rings is 1. The van der Waals surface area contributed by atoms with Crippen molar-refractivity contribution >= 4 is 23.8 Å². The molecule has 1 aliphatic rings. The first-order chi connectivity index (χ1) is 12.5. The number of carbonyl (C=O) groups is 2. The highest BCUT2D eigenvalue weighted by molar-refractivity contribution is 6.04. The number of carbonyl (C=O) groups excluding carboxylic acids is 2. The molecule has 0 bridgehead atoms. The molecule has 136 valence electrons. The number of pyridine rings is 1. The molecule has 1 N–H and O–H groups in total. The number of piperazine rings is 1. The quantitative estimate of drug-likeness (QED) is 0.666. The second kappa shape index (κ2) is 7.42. The molecule has 3 rings (SSSR count). The summed E-state index contributed by atoms with van der Waals surface area (Å²) < 4.78 is 39.8. The van der Waals surface area contributed by atoms with Crippen LogP contribution in [-0.4, -0.2) is 48.4 Å². The molecule has 1 aliphatic heterocycles. The van der Waals surface area contributed by atoms with Crippen molar-refractivity contribution in [2.24, 2.45) is 0 Å². The smallest absolute Gasteiger partial charge is 0.259 e. The van der Waals surface area contributed by atoms with Gasteiger partial charge in [0, 0.05) is 26.2 Å². The van der Waals surface area contributed by atoms with Crippen molar-refractivity contribution in [1.82, 2.24) is 9.88 Å². The highest BCUT2D eigenvalue weighted by atomic mass is 19.2. The van der Waals surface area contributed by atoms with Crippen LogP contribution in [0, 0.1) is 17.5 Å². The van der Waals surface area contributed by atoms with Crippen molar-refractivity contribution in [2.75, 3.05) is 36.4 Å². The van der Waals surface area contributed by atoms with Crippen LogP contribution in [0.25, 0.3) is 0 Å². The maximum Gasteiger partial charge on any atom is 0.259 e. The van der Waals surface area contributed by atoms with Gasteiger partial charge in [0.2, 0.25) is 6.41 Å². The molecule has 1 saturated heterocycles. The largest absolute Gasteiger partial charge is 0.367 e. The van der Waals surface area contributed by atoms with E-state index in [0.29, 0.717) is 32.2 Å². The van der Waals surface area contributed by atoms with E-state index in [1.807, 2.05) is 4.90 Å². The summed E-state index contributed by atoms with van der Waals surface area (Å²) in [6.45, 7) is 2.53. The number of rotatable bonds is 4. The Kier molecular flexibility index (Phi) is 5.06. The molecule has 0 radical (unpaired) electrons. The van der Waals surface area contributed by atoms with E-state index in [1.165, 1.54) is 12.3 Å². The average molecular weight is 364 g/mol. The predicted molar refractivity (Wildman–Crippen MR) is 88.4 cm³/mol. The lowest BCUT2D eigenvalue weighted by Crippen LogP contribution is -2.45. The van der Waals surface area contributed by atoms with Crippen molar-refractivity contribution in [3.63, 3.8) is 0 Å². The Hall–Kier alpha value is -3.10. The summed E-state index contributed by atoms with van der Waals surface area (Å²) >= 11 is 0. The zero-order valence-electron chi connectivity index (χ0n) is 13.6. The summed E-state index contributed by atoms with van der Waals surface area (Å²) in [7, 11) is 0. The Balaban J connectivity index is 1.67. The highest BCUT2D eigenvalue weighted by Gasteiger charge is 2.20. The monoisotopic (exact) mass is 364 g/mol. The van der Waals surface area contributed by atoms with Gasteiger partial charge in [0.25, 0.3) is 5.91 Å². The summed E-state index contributed by atoms with van der Waals surface area (Å²) in [4.78, 5) is 30.5. The van der Waals surface area contributed by atoms with Crippen LogP contribution in [0.2, 0.25) is 0 Å². The van der Waals surface area contributed by atoms with Crippen LogP contribution in [0.3, 0.4) is 0 Å². The summed E-state index contributed by atoms with van der Waals surface area (Å²) in [6.07, 6.45) is 2.35. The van der Waals surface area contributed by atoms with Crippen molar-refractivity contribution in [3.8, 4) is 0 Å². The number of anilines is 2. The Bertz CT molecular complexity index is 822. The zero-order valence-corrected chi connectivity index (χ0v) is 13.6. The predicted octanol–water partition coefficient (Wildman–Crippen LogP) is 2.03. The number of hydrogen-bond donors (Lipinski definition) is 1. The number of nitrogens with one attached hydrogen (secondary N) is 1. The van der Waals surface area contributed by atoms with Crippen molar-refractivity contribution in [1.29, 1.82) is 0 Å². The van der Waals surface area contributed by atoms with Crippen LogP contribution in [0.5, 0.6) is 0 Å². The minimum Gasteiger partial charge on any atom is -0.367 e. The molecule has 0 spiro atoms. The molecule has 0 aliphatic carbocycles. The summed E-state index contributed by atoms with van der Waals surface area (Å²) in [5.74, 6) is -5.39. The summed E-state index contributed by atoms with van der Waals surface area (Å²) in [5.41, 5.74) is 0.201. The molecular weight excluding hydrogens is 349 g/mol. The fraction of sp³-hybridized carbons (Fsp3) is 0.235. The SMILES string of the molecule is O=CN1CCN(c2ccc(NC(=O)c3ccc(F)c(F)c3F)nc2)CC1. The average Bonchev–Trinajstić information content (AvgIpc) is 2.67. The van der Waals surface area contributed by atoms with Gasteiger partial charge in [0.1, 0.15) is 5.82 Å². The van der Waals surface area contributed by atoms with E-state index in [4.69, 9.17) is 0 Å². The van der Waals surface area contributed by atoms with E-state index in [2.05, 4.69) is 10.3 Å². The van der Waals surface area contributed by atoms with Crippen LogP contribution < -0.4 is 10.2 Å². The third-order valence-corrected chi connectivity index (χ3v) is 4.10. The standard InChI is InChI=1S/C17H15F3N4O2/c18-13-3-2-12(15(19)16(13)20)17(26)22-14-4-1-11(9-21-14)24-7-5-23(10-25)6-8-24/h1-4,9-10H,5-8H2,(H,21,22,26). The van der Waals surface area contributed by atoms with Crippen LogP contribution in [-0.2, 0) is 4.79 Å². The molecule has 9 heteroatoms. The number of hydrogen-bond acceptors (Lipinski definition) is 4. The van der Waals surface area contributed by atoms with Gasteiger partial charge in [0.15, 0.2) is 17.5 Å². The molecule has 1 fully saturated rings. The normalized spacial score (nSPS) is 14.3. The van der Waals surface area contributed by atoms with Gasteiger partial charge in [-0.25, -0.2) is 18.2 Å². The minimum atomic E-state index is -1.70. The molecule has 0 saturated carbocycles. The number of nitrogens with zero attached hydrogens (tertiary/aromatic N) is 3. The second-order valence-corrected chi connectivity index (χ2v) is 5.71. The molecule has 2 heterocycles. The van der Waals surface area contributed by atoms with Gasteiger partial charge < -0.3 is 15.1 Å². The molecule has 0 unspecified atom stereocenters. The number of aromatic nitrogens is 1. The molecule has 1 aromatic heterocycles. The van der Waals surface area contributed by atoms with Gasteiger partial charge in [-0.05, 0) is 24.3 Å². The van der Waals surface area contributed by atoms with Gasteiger partial charge in [0.05, 0.1) is 17.4 Å². The Morgan fingerprint density at radius 3 is 2.38 bits per heavy atom. The van der Waals surface area contributed by atoms with E-state index < -0.39 is 28.9 Å². The van der Waals surface area contributed by atoms with E-state index in [0.717, 1.165) is 18.2 Å². The molecule has 0 atom stereocenters. The van der Waals surface area contributed by atoms with E-state index in [9.17, 15) is 22.8 Å². The van der Waals surface area contributed by atoms with Crippen molar-refractivity contribution < 1.29 is 22.8 Å². The first-order valence-electron chi connectivity index (χ1n) is 7.85. The molecule has 6 nitrogen and oxygen atoms in total. The van der Waals surface area contributed by atoms with E-state index >= 15 is 0 Å². The second-order valence-electron chi connectivity index (χ2n) is 5.71. The number of amides is 2. The van der Waals surface area contributed by atoms with Gasteiger partial charge in [-0.3, -0.25) is 9.59 Å². The van der Waals surface area contributed by atoms with E-state index in [-0.39, 0.29) is 5.82 Å². The topological polar surface area (TPSA) is 65.5 Å². The lowest BCUT2D eigenvalue weighted by atomic mass is 10.2. The highest BCUT2D eigenvalue weighted by Crippen LogP contribution is 2.19. The molecule has 26 heavy (non-hydrogen) atoms. The zero-order chi connectivity index (χ0) is 18.7.